The lowest BCUT2D eigenvalue weighted by Gasteiger charge is -2.41. The number of amides is 2. The summed E-state index contributed by atoms with van der Waals surface area (Å²) in [5.41, 5.74) is 2.75. The summed E-state index contributed by atoms with van der Waals surface area (Å²) in [6, 6.07) is 24.0. The van der Waals surface area contributed by atoms with Crippen molar-refractivity contribution in [3.63, 3.8) is 0 Å². The predicted molar refractivity (Wildman–Crippen MR) is 147 cm³/mol. The average molecular weight is 497 g/mol. The van der Waals surface area contributed by atoms with Crippen LogP contribution in [0.3, 0.4) is 0 Å². The smallest absolute Gasteiger partial charge is 0.263 e. The maximum atomic E-state index is 13.8. The Bertz CT molecular complexity index is 1270. The zero-order valence-electron chi connectivity index (χ0n) is 20.7. The zero-order chi connectivity index (χ0) is 25.0. The number of thiophene rings is 1. The molecule has 0 spiro atoms. The molecule has 2 aromatic carbocycles. The van der Waals surface area contributed by atoms with E-state index in [-0.39, 0.29) is 17.9 Å². The monoisotopic (exact) mass is 496 g/mol. The molecule has 0 unspecified atom stereocenters. The molecule has 0 saturated carbocycles. The lowest BCUT2D eigenvalue weighted by atomic mass is 9.71. The molecule has 1 aliphatic heterocycles. The van der Waals surface area contributed by atoms with E-state index in [0.29, 0.717) is 25.9 Å². The second-order valence-electron chi connectivity index (χ2n) is 9.67. The minimum atomic E-state index is -0.652. The first-order chi connectivity index (χ1) is 17.6. The highest BCUT2D eigenvalue weighted by atomic mass is 32.1. The first-order valence-corrected chi connectivity index (χ1v) is 13.6. The Kier molecular flexibility index (Phi) is 7.19. The number of carbonyl (C=O) groups excluding carboxylic acids is 2. The number of likely N-dealkylation sites (tertiary alicyclic amines) is 1. The van der Waals surface area contributed by atoms with Gasteiger partial charge in [-0.25, -0.2) is 0 Å². The van der Waals surface area contributed by atoms with E-state index in [0.717, 1.165) is 28.8 Å². The van der Waals surface area contributed by atoms with Gasteiger partial charge in [0.15, 0.2) is 0 Å². The summed E-state index contributed by atoms with van der Waals surface area (Å²) >= 11 is 1.58. The van der Waals surface area contributed by atoms with Crippen LogP contribution in [0.25, 0.3) is 5.57 Å². The zero-order valence-corrected chi connectivity index (χ0v) is 21.5. The summed E-state index contributed by atoms with van der Waals surface area (Å²) in [7, 11) is 0. The van der Waals surface area contributed by atoms with Crippen molar-refractivity contribution in [2.75, 3.05) is 13.1 Å². The highest BCUT2D eigenvalue weighted by Gasteiger charge is 2.44. The number of hydrogen-bond acceptors (Lipinski definition) is 3. The van der Waals surface area contributed by atoms with Crippen LogP contribution >= 0.6 is 11.3 Å². The number of piperidine rings is 1. The standard InChI is InChI=1S/C31H32N2O2S/c1-23(24-11-5-2-6-12-24)32-30(35)31(26-15-9-4-10-16-26)19-21-33(22-20-31)29(34)28-18-17-27(36-28)25-13-7-3-8-14-25/h2-7,9-13,15-18,23H,8,14,19-22H2,1H3,(H,32,35)/t23-/m0/s1. The van der Waals surface area contributed by atoms with Crippen LogP contribution in [0, 0.1) is 0 Å². The first-order valence-electron chi connectivity index (χ1n) is 12.7. The van der Waals surface area contributed by atoms with E-state index in [4.69, 9.17) is 0 Å². The number of carbonyl (C=O) groups is 2. The van der Waals surface area contributed by atoms with Crippen molar-refractivity contribution in [3.8, 4) is 0 Å². The molecule has 5 rings (SSSR count). The lowest BCUT2D eigenvalue weighted by Crippen LogP contribution is -2.53. The predicted octanol–water partition coefficient (Wildman–Crippen LogP) is 6.53. The topological polar surface area (TPSA) is 49.4 Å². The number of rotatable bonds is 6. The van der Waals surface area contributed by atoms with Crippen LogP contribution in [0.2, 0.25) is 0 Å². The molecule has 36 heavy (non-hydrogen) atoms. The van der Waals surface area contributed by atoms with Gasteiger partial charge < -0.3 is 10.2 Å². The Morgan fingerprint density at radius 1 is 0.944 bits per heavy atom. The van der Waals surface area contributed by atoms with Crippen molar-refractivity contribution < 1.29 is 9.59 Å². The minimum Gasteiger partial charge on any atom is -0.349 e. The maximum Gasteiger partial charge on any atom is 0.263 e. The van der Waals surface area contributed by atoms with Crippen LogP contribution in [0.5, 0.6) is 0 Å². The quantitative estimate of drug-likeness (QED) is 0.422. The Labute approximate surface area is 217 Å². The molecule has 2 amide bonds. The molecule has 5 heteroatoms. The van der Waals surface area contributed by atoms with Gasteiger partial charge in [0.2, 0.25) is 5.91 Å². The second kappa shape index (κ2) is 10.7. The SMILES string of the molecule is C[C@H](NC(=O)C1(c2ccccc2)CCN(C(=O)c2ccc(C3=CC=CCC3)s2)CC1)c1ccccc1. The van der Waals surface area contributed by atoms with E-state index < -0.39 is 5.41 Å². The number of hydrogen-bond donors (Lipinski definition) is 1. The van der Waals surface area contributed by atoms with Gasteiger partial charge in [-0.15, -0.1) is 11.3 Å². The third kappa shape index (κ3) is 4.93. The number of nitrogens with zero attached hydrogens (tertiary/aromatic N) is 1. The van der Waals surface area contributed by atoms with Crippen LogP contribution in [-0.4, -0.2) is 29.8 Å². The van der Waals surface area contributed by atoms with Crippen molar-refractivity contribution in [1.82, 2.24) is 10.2 Å². The van der Waals surface area contributed by atoms with Gasteiger partial charge in [0.25, 0.3) is 5.91 Å². The normalized spacial score (nSPS) is 17.8. The van der Waals surface area contributed by atoms with E-state index in [1.54, 1.807) is 11.3 Å². The largest absolute Gasteiger partial charge is 0.349 e. The van der Waals surface area contributed by atoms with Crippen molar-refractivity contribution in [3.05, 3.63) is 112 Å². The van der Waals surface area contributed by atoms with E-state index in [1.807, 2.05) is 78.6 Å². The van der Waals surface area contributed by atoms with Crippen LogP contribution in [-0.2, 0) is 10.2 Å². The molecule has 1 fully saturated rings. The maximum absolute atomic E-state index is 13.8. The Balaban J connectivity index is 1.32. The molecular weight excluding hydrogens is 464 g/mol. The first kappa shape index (κ1) is 24.3. The number of nitrogens with one attached hydrogen (secondary N) is 1. The molecule has 1 saturated heterocycles. The molecule has 1 aromatic heterocycles. The van der Waals surface area contributed by atoms with Gasteiger partial charge in [0.05, 0.1) is 16.3 Å². The average Bonchev–Trinajstić information content (AvgIpc) is 3.44. The molecule has 1 N–H and O–H groups in total. The lowest BCUT2D eigenvalue weighted by molar-refractivity contribution is -0.129. The molecule has 0 radical (unpaired) electrons. The van der Waals surface area contributed by atoms with Crippen LogP contribution in [0.1, 0.15) is 64.3 Å². The van der Waals surface area contributed by atoms with E-state index in [2.05, 4.69) is 29.6 Å². The Morgan fingerprint density at radius 2 is 1.64 bits per heavy atom. The fourth-order valence-corrected chi connectivity index (χ4v) is 6.27. The molecule has 3 aromatic rings. The molecule has 1 aliphatic carbocycles. The third-order valence-electron chi connectivity index (χ3n) is 7.46. The number of allylic oxidation sites excluding steroid dienone is 4. The van der Waals surface area contributed by atoms with E-state index in [9.17, 15) is 9.59 Å². The van der Waals surface area contributed by atoms with E-state index in [1.165, 1.54) is 10.5 Å². The van der Waals surface area contributed by atoms with Gasteiger partial charge in [-0.3, -0.25) is 9.59 Å². The van der Waals surface area contributed by atoms with Gasteiger partial charge in [-0.1, -0.05) is 78.9 Å². The Hall–Kier alpha value is -3.44. The molecule has 4 nitrogen and oxygen atoms in total. The van der Waals surface area contributed by atoms with Gasteiger partial charge in [-0.2, -0.15) is 0 Å². The molecular formula is C31H32N2O2S. The fraction of sp³-hybridized carbons (Fsp3) is 0.290. The van der Waals surface area contributed by atoms with Crippen LogP contribution in [0.15, 0.2) is 91.0 Å². The molecule has 0 bridgehead atoms. The number of benzene rings is 2. The highest BCUT2D eigenvalue weighted by molar-refractivity contribution is 7.15. The third-order valence-corrected chi connectivity index (χ3v) is 8.61. The summed E-state index contributed by atoms with van der Waals surface area (Å²) in [5, 5.41) is 3.27. The van der Waals surface area contributed by atoms with Crippen molar-refractivity contribution in [2.45, 2.75) is 44.1 Å². The van der Waals surface area contributed by atoms with Crippen LogP contribution in [0.4, 0.5) is 0 Å². The Morgan fingerprint density at radius 3 is 2.31 bits per heavy atom. The highest BCUT2D eigenvalue weighted by Crippen LogP contribution is 2.38. The summed E-state index contributed by atoms with van der Waals surface area (Å²) in [6.45, 7) is 3.13. The van der Waals surface area contributed by atoms with Crippen molar-refractivity contribution in [2.24, 2.45) is 0 Å². The van der Waals surface area contributed by atoms with Gasteiger partial charge in [0.1, 0.15) is 0 Å². The molecule has 1 atom stereocenters. The summed E-state index contributed by atoms with van der Waals surface area (Å²) in [5.74, 6) is 0.103. The molecule has 184 valence electrons. The minimum absolute atomic E-state index is 0.0350. The molecule has 2 aliphatic rings. The van der Waals surface area contributed by atoms with Gasteiger partial charge in [0, 0.05) is 18.0 Å². The second-order valence-corrected chi connectivity index (χ2v) is 10.8. The van der Waals surface area contributed by atoms with Gasteiger partial charge in [-0.05, 0) is 61.4 Å². The summed E-state index contributed by atoms with van der Waals surface area (Å²) in [6.07, 6.45) is 9.68. The fourth-order valence-electron chi connectivity index (χ4n) is 5.24. The summed E-state index contributed by atoms with van der Waals surface area (Å²) < 4.78 is 0. The molecule has 2 heterocycles. The van der Waals surface area contributed by atoms with Crippen LogP contribution < -0.4 is 5.32 Å². The van der Waals surface area contributed by atoms with Crippen molar-refractivity contribution in [1.29, 1.82) is 0 Å². The van der Waals surface area contributed by atoms with Crippen molar-refractivity contribution >= 4 is 28.7 Å². The van der Waals surface area contributed by atoms with E-state index >= 15 is 0 Å². The van der Waals surface area contributed by atoms with Gasteiger partial charge >= 0.3 is 0 Å². The summed E-state index contributed by atoms with van der Waals surface area (Å²) in [4.78, 5) is 31.0.